The fraction of sp³-hybridized carbons (Fsp3) is 0.810. The Balaban J connectivity index is 1.23. The van der Waals surface area contributed by atoms with Crippen LogP contribution < -0.4 is 5.32 Å². The summed E-state index contributed by atoms with van der Waals surface area (Å²) in [5, 5.41) is 6.92. The van der Waals surface area contributed by atoms with Crippen molar-refractivity contribution in [2.75, 3.05) is 26.2 Å². The summed E-state index contributed by atoms with van der Waals surface area (Å²) in [5.41, 5.74) is 0. The summed E-state index contributed by atoms with van der Waals surface area (Å²) in [5.74, 6) is 2.07. The minimum Gasteiger partial charge on any atom is -0.348 e. The third-order valence-corrected chi connectivity index (χ3v) is 6.44. The number of piperidine rings is 2. The van der Waals surface area contributed by atoms with Gasteiger partial charge in [0.05, 0.1) is 12.5 Å². The van der Waals surface area contributed by atoms with Crippen molar-refractivity contribution in [2.24, 2.45) is 11.8 Å². The summed E-state index contributed by atoms with van der Waals surface area (Å²) >= 11 is 0. The van der Waals surface area contributed by atoms with Crippen LogP contribution in [0.15, 0.2) is 4.52 Å². The molecule has 160 valence electrons. The molecule has 0 spiro atoms. The molecule has 8 nitrogen and oxygen atoms in total. The quantitative estimate of drug-likeness (QED) is 0.780. The Morgan fingerprint density at radius 1 is 1.10 bits per heavy atom. The lowest BCUT2D eigenvalue weighted by Crippen LogP contribution is -2.51. The summed E-state index contributed by atoms with van der Waals surface area (Å²) < 4.78 is 5.20. The van der Waals surface area contributed by atoms with E-state index >= 15 is 0 Å². The fourth-order valence-corrected chi connectivity index (χ4v) is 4.48. The zero-order valence-corrected chi connectivity index (χ0v) is 17.6. The van der Waals surface area contributed by atoms with Crippen molar-refractivity contribution >= 4 is 11.8 Å². The average molecular weight is 404 g/mol. The van der Waals surface area contributed by atoms with Crippen molar-refractivity contribution < 1.29 is 14.1 Å². The van der Waals surface area contributed by atoms with Gasteiger partial charge >= 0.3 is 0 Å². The van der Waals surface area contributed by atoms with E-state index < -0.39 is 0 Å². The van der Waals surface area contributed by atoms with Crippen LogP contribution in [0.4, 0.5) is 0 Å². The first kappa shape index (κ1) is 20.3. The Labute approximate surface area is 172 Å². The van der Waals surface area contributed by atoms with Gasteiger partial charge in [-0.3, -0.25) is 14.5 Å². The van der Waals surface area contributed by atoms with Gasteiger partial charge in [-0.25, -0.2) is 0 Å². The molecule has 4 rings (SSSR count). The molecule has 1 atom stereocenters. The molecule has 1 aromatic rings. The highest BCUT2D eigenvalue weighted by Crippen LogP contribution is 2.32. The second kappa shape index (κ2) is 8.81. The molecule has 0 bridgehead atoms. The number of aromatic nitrogens is 2. The van der Waals surface area contributed by atoms with Crippen molar-refractivity contribution in [2.45, 2.75) is 70.9 Å². The standard InChI is InChI=1S/C21H33N5O3/c1-14(2)20-23-18(24-29-20)12-22-19(27)16-4-3-9-26(13-16)17-7-10-25(11-8-17)21(28)15-5-6-15/h14-17H,3-13H2,1-2H3,(H,22,27)/t16-/m0/s1. The van der Waals surface area contributed by atoms with Gasteiger partial charge in [0.15, 0.2) is 5.82 Å². The van der Waals surface area contributed by atoms with Gasteiger partial charge in [0.25, 0.3) is 0 Å². The van der Waals surface area contributed by atoms with Gasteiger partial charge in [0.1, 0.15) is 0 Å². The van der Waals surface area contributed by atoms with Crippen LogP contribution >= 0.6 is 0 Å². The molecule has 1 aliphatic carbocycles. The van der Waals surface area contributed by atoms with E-state index in [1.807, 2.05) is 13.8 Å². The first-order chi connectivity index (χ1) is 14.0. The molecule has 3 heterocycles. The number of amides is 2. The van der Waals surface area contributed by atoms with Crippen LogP contribution in [-0.2, 0) is 16.1 Å². The van der Waals surface area contributed by atoms with Crippen molar-refractivity contribution in [3.63, 3.8) is 0 Å². The van der Waals surface area contributed by atoms with E-state index in [0.29, 0.717) is 36.1 Å². The van der Waals surface area contributed by atoms with Gasteiger partial charge in [0, 0.05) is 37.5 Å². The topological polar surface area (TPSA) is 91.6 Å². The van der Waals surface area contributed by atoms with Crippen molar-refractivity contribution in [3.8, 4) is 0 Å². The van der Waals surface area contributed by atoms with Crippen molar-refractivity contribution in [1.29, 1.82) is 0 Å². The zero-order valence-electron chi connectivity index (χ0n) is 17.6. The number of nitrogens with zero attached hydrogens (tertiary/aromatic N) is 4. The molecular weight excluding hydrogens is 370 g/mol. The number of hydrogen-bond acceptors (Lipinski definition) is 6. The summed E-state index contributed by atoms with van der Waals surface area (Å²) in [6.45, 7) is 7.89. The second-order valence-corrected chi connectivity index (χ2v) is 9.09. The molecule has 0 aromatic carbocycles. The third kappa shape index (κ3) is 4.97. The number of carbonyl (C=O) groups excluding carboxylic acids is 2. The number of likely N-dealkylation sites (tertiary alicyclic amines) is 2. The van der Waals surface area contributed by atoms with Gasteiger partial charge in [-0.2, -0.15) is 4.98 Å². The minimum absolute atomic E-state index is 0.00588. The highest BCUT2D eigenvalue weighted by molar-refractivity contribution is 5.81. The van der Waals surface area contributed by atoms with Gasteiger partial charge in [-0.05, 0) is 45.1 Å². The summed E-state index contributed by atoms with van der Waals surface area (Å²) in [7, 11) is 0. The number of hydrogen-bond donors (Lipinski definition) is 1. The maximum atomic E-state index is 12.7. The van der Waals surface area contributed by atoms with Crippen LogP contribution in [0.3, 0.4) is 0 Å². The van der Waals surface area contributed by atoms with Crippen LogP contribution in [0.1, 0.15) is 70.0 Å². The Hall–Kier alpha value is -1.96. The molecule has 1 N–H and O–H groups in total. The van der Waals surface area contributed by atoms with E-state index in [1.165, 1.54) is 0 Å². The van der Waals surface area contributed by atoms with Gasteiger partial charge in [-0.15, -0.1) is 0 Å². The molecule has 0 unspecified atom stereocenters. The molecule has 2 saturated heterocycles. The molecule has 2 aliphatic heterocycles. The van der Waals surface area contributed by atoms with Crippen LogP contribution in [-0.4, -0.2) is 64.0 Å². The van der Waals surface area contributed by atoms with E-state index in [2.05, 4.69) is 25.3 Å². The van der Waals surface area contributed by atoms with Crippen LogP contribution in [0.2, 0.25) is 0 Å². The third-order valence-electron chi connectivity index (χ3n) is 6.44. The lowest BCUT2D eigenvalue weighted by Gasteiger charge is -2.42. The van der Waals surface area contributed by atoms with Crippen LogP contribution in [0.25, 0.3) is 0 Å². The second-order valence-electron chi connectivity index (χ2n) is 9.09. The molecule has 3 aliphatic rings. The molecular formula is C21H33N5O3. The smallest absolute Gasteiger partial charge is 0.229 e. The molecule has 29 heavy (non-hydrogen) atoms. The normalized spacial score (nSPS) is 24.1. The van der Waals surface area contributed by atoms with E-state index in [0.717, 1.165) is 64.7 Å². The highest BCUT2D eigenvalue weighted by atomic mass is 16.5. The zero-order chi connectivity index (χ0) is 20.4. The molecule has 0 radical (unpaired) electrons. The van der Waals surface area contributed by atoms with E-state index in [1.54, 1.807) is 0 Å². The maximum Gasteiger partial charge on any atom is 0.229 e. The first-order valence-corrected chi connectivity index (χ1v) is 11.1. The summed E-state index contributed by atoms with van der Waals surface area (Å²) in [6.07, 6.45) is 6.15. The van der Waals surface area contributed by atoms with E-state index in [-0.39, 0.29) is 17.7 Å². The van der Waals surface area contributed by atoms with Gasteiger partial charge < -0.3 is 14.7 Å². The number of carbonyl (C=O) groups is 2. The lowest BCUT2D eigenvalue weighted by molar-refractivity contribution is -0.134. The maximum absolute atomic E-state index is 12.7. The minimum atomic E-state index is 0.00588. The Kier molecular flexibility index (Phi) is 6.18. The van der Waals surface area contributed by atoms with Gasteiger partial charge in [-0.1, -0.05) is 19.0 Å². The molecule has 1 saturated carbocycles. The molecule has 2 amide bonds. The first-order valence-electron chi connectivity index (χ1n) is 11.1. The van der Waals surface area contributed by atoms with Crippen LogP contribution in [0, 0.1) is 11.8 Å². The van der Waals surface area contributed by atoms with Crippen LogP contribution in [0.5, 0.6) is 0 Å². The molecule has 1 aromatic heterocycles. The lowest BCUT2D eigenvalue weighted by atomic mass is 9.93. The summed E-state index contributed by atoms with van der Waals surface area (Å²) in [4.78, 5) is 33.8. The highest BCUT2D eigenvalue weighted by Gasteiger charge is 2.37. The summed E-state index contributed by atoms with van der Waals surface area (Å²) in [6, 6.07) is 0.486. The van der Waals surface area contributed by atoms with E-state index in [4.69, 9.17) is 4.52 Å². The SMILES string of the molecule is CC(C)c1nc(CNC(=O)[C@H]2CCCN(C3CCN(C(=O)C4CC4)CC3)C2)no1. The predicted octanol–water partition coefficient (Wildman–Crippen LogP) is 1.92. The Morgan fingerprint density at radius 3 is 2.52 bits per heavy atom. The van der Waals surface area contributed by atoms with Gasteiger partial charge in [0.2, 0.25) is 17.7 Å². The average Bonchev–Trinajstić information content (AvgIpc) is 3.48. The monoisotopic (exact) mass is 403 g/mol. The largest absolute Gasteiger partial charge is 0.348 e. The predicted molar refractivity (Wildman–Crippen MR) is 107 cm³/mol. The van der Waals surface area contributed by atoms with E-state index in [9.17, 15) is 9.59 Å². The van der Waals surface area contributed by atoms with Crippen molar-refractivity contribution in [3.05, 3.63) is 11.7 Å². The number of rotatable bonds is 6. The Bertz CT molecular complexity index is 722. The molecule has 8 heteroatoms. The van der Waals surface area contributed by atoms with Crippen molar-refractivity contribution in [1.82, 2.24) is 25.3 Å². The fourth-order valence-electron chi connectivity index (χ4n) is 4.48. The Morgan fingerprint density at radius 2 is 1.86 bits per heavy atom. The number of nitrogens with one attached hydrogen (secondary N) is 1. The molecule has 3 fully saturated rings.